The molecule has 0 radical (unpaired) electrons. The van der Waals surface area contributed by atoms with Gasteiger partial charge >= 0.3 is 5.97 Å². The highest BCUT2D eigenvalue weighted by molar-refractivity contribution is 6.03. The number of hydrogen-bond donors (Lipinski definition) is 1. The fourth-order valence-corrected chi connectivity index (χ4v) is 10.9. The van der Waals surface area contributed by atoms with E-state index in [1.54, 1.807) is 0 Å². The Morgan fingerprint density at radius 1 is 1.07 bits per heavy atom. The minimum absolute atomic E-state index is 0.0429. The number of Topliss-reactive ketones (excluding diaryl/α,β-unsaturated/α-hetero) is 1. The van der Waals surface area contributed by atoms with Gasteiger partial charge in [0.1, 0.15) is 6.61 Å². The summed E-state index contributed by atoms with van der Waals surface area (Å²) in [5, 5.41) is 3.62. The van der Waals surface area contributed by atoms with Gasteiger partial charge in [0.25, 0.3) is 0 Å². The zero-order chi connectivity index (χ0) is 30.2. The van der Waals surface area contributed by atoms with Crippen molar-refractivity contribution in [2.45, 2.75) is 93.9 Å². The molecule has 0 aromatic carbocycles. The third-order valence-corrected chi connectivity index (χ3v) is 13.4. The molecule has 0 amide bonds. The smallest absolute Gasteiger partial charge is 0.302 e. The molecule has 0 aliphatic heterocycles. The Balaban J connectivity index is 1.57. The Bertz CT molecular complexity index is 1260. The van der Waals surface area contributed by atoms with Crippen molar-refractivity contribution in [3.05, 3.63) is 34.8 Å². The van der Waals surface area contributed by atoms with Crippen LogP contribution in [0.5, 0.6) is 0 Å². The SMILES string of the molecule is [C-]#[N+]C1=C[C@]2(C)C3=CC(=O)[C@@H]4[C@@H]5[C@@H](C)[C@H](C)CC[C@]5(CNCCOC(C)=O)CC[C@@]4(C)[C@]3(C)CC[C@H]2C(C)(C)C1=O. The fourth-order valence-electron chi connectivity index (χ4n) is 10.9. The number of hydrogen-bond acceptors (Lipinski definition) is 5. The monoisotopic (exact) mass is 562 g/mol. The van der Waals surface area contributed by atoms with Crippen LogP contribution in [0.1, 0.15) is 93.9 Å². The molecule has 6 heteroatoms. The van der Waals surface area contributed by atoms with E-state index in [9.17, 15) is 14.4 Å². The molecule has 41 heavy (non-hydrogen) atoms. The van der Waals surface area contributed by atoms with Gasteiger partial charge in [0.15, 0.2) is 11.6 Å². The van der Waals surface area contributed by atoms with Gasteiger partial charge in [-0.25, -0.2) is 4.85 Å². The zero-order valence-corrected chi connectivity index (χ0v) is 26.5. The summed E-state index contributed by atoms with van der Waals surface area (Å²) in [7, 11) is 0. The van der Waals surface area contributed by atoms with Crippen molar-refractivity contribution in [2.24, 2.45) is 56.7 Å². The Morgan fingerprint density at radius 2 is 1.78 bits per heavy atom. The number of ketones is 2. The summed E-state index contributed by atoms with van der Waals surface area (Å²) < 4.78 is 5.18. The van der Waals surface area contributed by atoms with E-state index in [0.29, 0.717) is 25.0 Å². The quantitative estimate of drug-likeness (QED) is 0.233. The van der Waals surface area contributed by atoms with Crippen LogP contribution in [-0.4, -0.2) is 37.2 Å². The summed E-state index contributed by atoms with van der Waals surface area (Å²) in [5.41, 5.74) is -0.0817. The van der Waals surface area contributed by atoms with Crippen molar-refractivity contribution in [1.82, 2.24) is 5.32 Å². The Kier molecular flexibility index (Phi) is 7.29. The van der Waals surface area contributed by atoms with Crippen LogP contribution in [0.15, 0.2) is 23.4 Å². The molecular formula is C35H50N2O4. The summed E-state index contributed by atoms with van der Waals surface area (Å²) in [5.74, 6) is 1.22. The van der Waals surface area contributed by atoms with Crippen molar-refractivity contribution < 1.29 is 19.1 Å². The third kappa shape index (κ3) is 4.15. The highest BCUT2D eigenvalue weighted by Crippen LogP contribution is 2.74. The van der Waals surface area contributed by atoms with Gasteiger partial charge in [0.2, 0.25) is 5.70 Å². The second-order valence-electron chi connectivity index (χ2n) is 15.5. The van der Waals surface area contributed by atoms with E-state index in [4.69, 9.17) is 11.3 Å². The number of esters is 1. The molecule has 6 nitrogen and oxygen atoms in total. The zero-order valence-electron chi connectivity index (χ0n) is 26.5. The first-order valence-corrected chi connectivity index (χ1v) is 15.8. The van der Waals surface area contributed by atoms with Crippen LogP contribution in [0, 0.1) is 63.2 Å². The maximum absolute atomic E-state index is 14.6. The molecule has 0 heterocycles. The lowest BCUT2D eigenvalue weighted by Crippen LogP contribution is -2.66. The first-order chi connectivity index (χ1) is 19.1. The molecule has 5 aliphatic rings. The molecule has 0 saturated heterocycles. The van der Waals surface area contributed by atoms with Gasteiger partial charge in [-0.3, -0.25) is 9.59 Å². The number of ether oxygens (including phenoxy) is 1. The standard InChI is InChI=1S/C35H50N2O4/c1-21-10-13-35(20-37-16-17-41-23(3)38)15-14-34(8)29(28(35)22(21)2)25(39)18-27-32(6)19-24(36-9)30(40)31(4,5)26(32)11-12-33(27,34)7/h18-19,21-22,26,28-29,37H,10-17,20H2,1-8H3/t21-,22+,26+,28+,29-,32+,33-,34-,35-/m1/s1. The van der Waals surface area contributed by atoms with Crippen molar-refractivity contribution in [2.75, 3.05) is 19.7 Å². The van der Waals surface area contributed by atoms with E-state index < -0.39 is 10.8 Å². The average Bonchev–Trinajstić information content (AvgIpc) is 2.90. The van der Waals surface area contributed by atoms with Gasteiger partial charge < -0.3 is 14.8 Å². The lowest BCUT2D eigenvalue weighted by molar-refractivity contribution is -0.176. The lowest BCUT2D eigenvalue weighted by Gasteiger charge is -2.69. The lowest BCUT2D eigenvalue weighted by atomic mass is 9.34. The number of carbonyl (C=O) groups is 3. The van der Waals surface area contributed by atoms with E-state index in [-0.39, 0.29) is 57.2 Å². The molecule has 5 aliphatic carbocycles. The van der Waals surface area contributed by atoms with Crippen molar-refractivity contribution in [1.29, 1.82) is 0 Å². The second kappa shape index (κ2) is 9.90. The Hall–Kier alpha value is -2.26. The summed E-state index contributed by atoms with van der Waals surface area (Å²) >= 11 is 0. The van der Waals surface area contributed by atoms with Gasteiger partial charge in [0, 0.05) is 36.8 Å². The molecule has 0 aromatic rings. The normalized spacial score (nSPS) is 44.7. The summed E-state index contributed by atoms with van der Waals surface area (Å²) in [6, 6.07) is 0. The molecular weight excluding hydrogens is 512 g/mol. The summed E-state index contributed by atoms with van der Waals surface area (Å²) in [6.07, 6.45) is 10.2. The predicted molar refractivity (Wildman–Crippen MR) is 159 cm³/mol. The number of nitrogens with zero attached hydrogens (tertiary/aromatic N) is 1. The first kappa shape index (κ1) is 30.2. The number of nitrogens with one attached hydrogen (secondary N) is 1. The summed E-state index contributed by atoms with van der Waals surface area (Å²) in [6.45, 7) is 26.8. The predicted octanol–water partition coefficient (Wildman–Crippen LogP) is 6.57. The van der Waals surface area contributed by atoms with Gasteiger partial charge in [-0.05, 0) is 84.5 Å². The van der Waals surface area contributed by atoms with Crippen LogP contribution in [0.4, 0.5) is 0 Å². The topological polar surface area (TPSA) is 76.8 Å². The number of rotatable bonds is 5. The highest BCUT2D eigenvalue weighted by Gasteiger charge is 2.69. The van der Waals surface area contributed by atoms with Crippen LogP contribution < -0.4 is 5.32 Å². The van der Waals surface area contributed by atoms with Crippen molar-refractivity contribution in [3.8, 4) is 0 Å². The van der Waals surface area contributed by atoms with Crippen LogP contribution >= 0.6 is 0 Å². The minimum Gasteiger partial charge on any atom is -0.465 e. The van der Waals surface area contributed by atoms with Gasteiger partial charge in [-0.1, -0.05) is 60.1 Å². The number of allylic oxidation sites excluding steroid dienone is 4. The second-order valence-corrected chi connectivity index (χ2v) is 15.5. The molecule has 0 spiro atoms. The molecule has 224 valence electrons. The fraction of sp³-hybridized carbons (Fsp3) is 0.771. The molecule has 0 bridgehead atoms. The highest BCUT2D eigenvalue weighted by atomic mass is 16.5. The molecule has 0 unspecified atom stereocenters. The van der Waals surface area contributed by atoms with Crippen LogP contribution in [0.3, 0.4) is 0 Å². The van der Waals surface area contributed by atoms with Gasteiger partial charge in [0.05, 0.1) is 6.57 Å². The molecule has 3 fully saturated rings. The van der Waals surface area contributed by atoms with E-state index in [1.165, 1.54) is 13.3 Å². The maximum atomic E-state index is 14.6. The van der Waals surface area contributed by atoms with E-state index >= 15 is 0 Å². The van der Waals surface area contributed by atoms with Crippen molar-refractivity contribution in [3.63, 3.8) is 0 Å². The van der Waals surface area contributed by atoms with Crippen LogP contribution in [-0.2, 0) is 19.1 Å². The van der Waals surface area contributed by atoms with Gasteiger partial charge in [-0.15, -0.1) is 0 Å². The maximum Gasteiger partial charge on any atom is 0.302 e. The number of carbonyl (C=O) groups excluding carboxylic acids is 3. The molecule has 3 saturated carbocycles. The molecule has 5 rings (SSSR count). The Labute approximate surface area is 246 Å². The molecule has 1 N–H and O–H groups in total. The van der Waals surface area contributed by atoms with Crippen LogP contribution in [0.25, 0.3) is 4.85 Å². The third-order valence-electron chi connectivity index (χ3n) is 13.4. The minimum atomic E-state index is -0.640. The van der Waals surface area contributed by atoms with Crippen LogP contribution in [0.2, 0.25) is 0 Å². The molecule has 0 aromatic heterocycles. The largest absolute Gasteiger partial charge is 0.465 e. The van der Waals surface area contributed by atoms with Crippen molar-refractivity contribution >= 4 is 17.5 Å². The molecule has 9 atom stereocenters. The summed E-state index contributed by atoms with van der Waals surface area (Å²) in [4.78, 5) is 42.9. The van der Waals surface area contributed by atoms with E-state index in [0.717, 1.165) is 44.2 Å². The average molecular weight is 563 g/mol. The number of fused-ring (bicyclic) bond motifs is 7. The Morgan fingerprint density at radius 3 is 2.44 bits per heavy atom. The van der Waals surface area contributed by atoms with E-state index in [1.807, 2.05) is 26.0 Å². The first-order valence-electron chi connectivity index (χ1n) is 15.8. The van der Waals surface area contributed by atoms with E-state index in [2.05, 4.69) is 44.8 Å². The van der Waals surface area contributed by atoms with Gasteiger partial charge in [-0.2, -0.15) is 0 Å².